The maximum absolute atomic E-state index is 14.9. The first-order chi connectivity index (χ1) is 54.2. The number of carbonyl (C=O) groups excluding carboxylic acids is 2. The molecular formula is C86H130N4O24. The van der Waals surface area contributed by atoms with Gasteiger partial charge in [-0.2, -0.15) is 0 Å². The summed E-state index contributed by atoms with van der Waals surface area (Å²) in [5.41, 5.74) is 5.53. The second-order valence-corrected chi connectivity index (χ2v) is 30.9. The fraction of sp³-hybridized carbons (Fsp3) is 0.605. The Morgan fingerprint density at radius 3 is 0.719 bits per heavy atom. The minimum Gasteiger partial charge on any atom is -0.494 e. The maximum Gasteiger partial charge on any atom is 0.339 e. The zero-order valence-corrected chi connectivity index (χ0v) is 71.3. The van der Waals surface area contributed by atoms with Crippen molar-refractivity contribution >= 4 is 46.5 Å². The zero-order valence-electron chi connectivity index (χ0n) is 71.3. The molecule has 5 aromatic rings. The molecule has 114 heavy (non-hydrogen) atoms. The van der Waals surface area contributed by atoms with Gasteiger partial charge in [-0.1, -0.05) is 83.1 Å². The highest BCUT2D eigenvalue weighted by molar-refractivity contribution is 6.10. The highest BCUT2D eigenvalue weighted by atomic mass is 16.7. The van der Waals surface area contributed by atoms with Gasteiger partial charge in [-0.25, -0.2) is 20.5 Å². The Morgan fingerprint density at radius 2 is 0.482 bits per heavy atom. The van der Waals surface area contributed by atoms with Gasteiger partial charge >= 0.3 is 11.9 Å². The van der Waals surface area contributed by atoms with Crippen molar-refractivity contribution in [2.24, 2.45) is 35.5 Å². The van der Waals surface area contributed by atoms with E-state index in [2.05, 4.69) is 105 Å². The van der Waals surface area contributed by atoms with Gasteiger partial charge in [-0.3, -0.25) is 9.59 Å². The maximum atomic E-state index is 14.9. The van der Waals surface area contributed by atoms with E-state index in [1.807, 2.05) is 41.5 Å². The molecule has 0 saturated carbocycles. The summed E-state index contributed by atoms with van der Waals surface area (Å²) in [5, 5.41) is 27.1. The van der Waals surface area contributed by atoms with E-state index in [1.54, 1.807) is 6.07 Å². The Bertz CT molecular complexity index is 3520. The number of benzene rings is 5. The molecule has 638 valence electrons. The van der Waals surface area contributed by atoms with E-state index in [0.717, 1.165) is 38.5 Å². The zero-order chi connectivity index (χ0) is 84.1. The molecule has 0 aliphatic heterocycles. The quantitative estimate of drug-likeness (QED) is 0.0197. The monoisotopic (exact) mass is 1600 g/mol. The Morgan fingerprint density at radius 1 is 0.272 bits per heavy atom. The predicted octanol–water partition coefficient (Wildman–Crippen LogP) is 17.4. The summed E-state index contributed by atoms with van der Waals surface area (Å²) in [4.78, 5) is 69.0. The molecule has 28 heteroatoms. The highest BCUT2D eigenvalue weighted by Crippen LogP contribution is 2.45. The van der Waals surface area contributed by atoms with E-state index in [9.17, 15) is 29.4 Å². The number of aromatic carboxylic acids is 2. The van der Waals surface area contributed by atoms with Gasteiger partial charge in [0.25, 0.3) is 11.8 Å². The van der Waals surface area contributed by atoms with Crippen LogP contribution in [0.15, 0.2) is 60.7 Å². The molecule has 0 radical (unpaired) electrons. The third-order valence-corrected chi connectivity index (χ3v) is 17.6. The second kappa shape index (κ2) is 49.7. The number of ether oxygens (including phenoxy) is 16. The number of carboxylic acid groups (broad SMARTS) is 2. The van der Waals surface area contributed by atoms with Crippen LogP contribution in [-0.2, 0) is 28.4 Å². The lowest BCUT2D eigenvalue weighted by Gasteiger charge is -2.22. The van der Waals surface area contributed by atoms with Crippen LogP contribution >= 0.6 is 0 Å². The summed E-state index contributed by atoms with van der Waals surface area (Å²) in [6, 6.07) is 14.2. The van der Waals surface area contributed by atoms with Crippen molar-refractivity contribution in [3.63, 3.8) is 0 Å². The normalized spacial score (nSPS) is 13.1. The number of carbonyl (C=O) groups is 4. The lowest BCUT2D eigenvalue weighted by Crippen LogP contribution is -2.23. The summed E-state index contributed by atoms with van der Waals surface area (Å²) < 4.78 is 97.8. The molecule has 5 rings (SSSR count). The molecule has 0 heterocycles. The minimum atomic E-state index is -1.36. The first-order valence-corrected chi connectivity index (χ1v) is 39.7. The third kappa shape index (κ3) is 33.4. The van der Waals surface area contributed by atoms with Crippen LogP contribution in [0.2, 0.25) is 0 Å². The largest absolute Gasteiger partial charge is 0.494 e. The number of hydrogen-bond donors (Lipinski definition) is 6. The highest BCUT2D eigenvalue weighted by Gasteiger charge is 2.29. The summed E-state index contributed by atoms with van der Waals surface area (Å²) in [6.45, 7) is 39.3. The first kappa shape index (κ1) is 95.5. The number of carboxylic acids is 2. The van der Waals surface area contributed by atoms with E-state index >= 15 is 0 Å². The fourth-order valence-corrected chi connectivity index (χ4v) is 10.5. The SMILES string of the molecule is COc1cc(OC)c(NC(=O)c2cc(C(=O)O)c(OC[C@H](C)OCCC(C)C)cc2OC[C@H](C)OCCC(C)C)cc1NOc1cc(ONc2cc(NC(=O)c3cc(C(=O)O)c(OC[C@H](C)OCCC(C)C)cc3OC[C@H](C)OCCC(C)C)c(OC)cc2OC)c(OC[C@H](C)OCCC(C)C)cc1OC[C@H](C)OCCC(C)C. The number of amides is 2. The van der Waals surface area contributed by atoms with Crippen molar-refractivity contribution in [2.75, 3.05) is 129 Å². The third-order valence-electron chi connectivity index (χ3n) is 17.6. The number of hydrogen-bond acceptors (Lipinski definition) is 24. The molecule has 5 aromatic carbocycles. The Hall–Kier alpha value is -9.06. The molecule has 6 atom stereocenters. The first-order valence-electron chi connectivity index (χ1n) is 39.7. The average Bonchev–Trinajstić information content (AvgIpc) is 0.802. The van der Waals surface area contributed by atoms with Gasteiger partial charge in [-0.15, -0.1) is 0 Å². The molecule has 0 aliphatic carbocycles. The van der Waals surface area contributed by atoms with Gasteiger partial charge in [0.2, 0.25) is 11.5 Å². The van der Waals surface area contributed by atoms with Gasteiger partial charge in [-0.05, 0) is 140 Å². The van der Waals surface area contributed by atoms with Gasteiger partial charge < -0.3 is 106 Å². The summed E-state index contributed by atoms with van der Waals surface area (Å²) in [5.74, 6) is -0.928. The van der Waals surface area contributed by atoms with Gasteiger partial charge in [0.15, 0.2) is 11.5 Å². The molecule has 2 amide bonds. The summed E-state index contributed by atoms with van der Waals surface area (Å²) in [6.07, 6.45) is 2.45. The second-order valence-electron chi connectivity index (χ2n) is 30.9. The van der Waals surface area contributed by atoms with Gasteiger partial charge in [0.05, 0.1) is 87.6 Å². The Balaban J connectivity index is 1.62. The van der Waals surface area contributed by atoms with Gasteiger partial charge in [0, 0.05) is 76.0 Å². The molecule has 0 aliphatic rings. The molecule has 0 bridgehead atoms. The lowest BCUT2D eigenvalue weighted by atomic mass is 10.1. The van der Waals surface area contributed by atoms with E-state index < -0.39 is 60.4 Å². The van der Waals surface area contributed by atoms with Crippen LogP contribution in [0.4, 0.5) is 22.7 Å². The molecule has 0 spiro atoms. The Kier molecular flexibility index (Phi) is 41.6. The molecule has 0 aromatic heterocycles. The fourth-order valence-electron chi connectivity index (χ4n) is 10.5. The van der Waals surface area contributed by atoms with Crippen molar-refractivity contribution in [1.82, 2.24) is 0 Å². The predicted molar refractivity (Wildman–Crippen MR) is 439 cm³/mol. The van der Waals surface area contributed by atoms with Crippen LogP contribution in [0.25, 0.3) is 0 Å². The van der Waals surface area contributed by atoms with E-state index in [1.165, 1.54) is 83.0 Å². The van der Waals surface area contributed by atoms with Crippen LogP contribution < -0.4 is 78.6 Å². The minimum absolute atomic E-state index is 0.000190. The standard InChI is InChI=1S/C86H130N4O24/c1-51(2)23-29-101-57(13)45-107-71-39-73(109-47-59(15)103-31-25-53(5)6)65(85(93)94)35-63(71)83(91)87-67-37-69(77(99-21)41-75(67)97-19)89-113-81-44-82(80(112-50-62(18)106-34-28-56(11)12)43-79(81)111-49-61(17)105-33-27-55(9)10)114-90-70-38-68(76(98-20)42-78(70)100-22)88-84(92)64-36-66(86(95)96)74(110-48-60(16)104-32-26-54(7)8)40-72(64)108-46-58(14)102-30-24-52(3)4/h35-44,51-62,89-90H,23-34,45-50H2,1-22H3,(H,87,91)(H,88,92)(H,93,94)(H,95,96)/t57-,58-,59-,60-,61-,62-/m0/s1. The molecule has 0 saturated heterocycles. The topological polar surface area (TPSA) is 323 Å². The number of nitrogens with one attached hydrogen (secondary N) is 4. The van der Waals surface area contributed by atoms with Crippen molar-refractivity contribution in [1.29, 1.82) is 0 Å². The van der Waals surface area contributed by atoms with Crippen LogP contribution in [0.5, 0.6) is 69.0 Å². The van der Waals surface area contributed by atoms with Crippen LogP contribution in [0.1, 0.15) is 205 Å². The number of anilines is 4. The molecule has 6 N–H and O–H groups in total. The average molecular weight is 1600 g/mol. The van der Waals surface area contributed by atoms with E-state index in [-0.39, 0.29) is 154 Å². The summed E-state index contributed by atoms with van der Waals surface area (Å²) >= 11 is 0. The van der Waals surface area contributed by atoms with E-state index in [0.29, 0.717) is 75.1 Å². The number of methoxy groups -OCH3 is 4. The van der Waals surface area contributed by atoms with Crippen molar-refractivity contribution in [3.05, 3.63) is 82.9 Å². The van der Waals surface area contributed by atoms with Gasteiger partial charge in [0.1, 0.15) is 108 Å². The number of rotatable bonds is 58. The van der Waals surface area contributed by atoms with Crippen molar-refractivity contribution in [3.8, 4) is 69.0 Å². The molecular weight excluding hydrogens is 1470 g/mol. The van der Waals surface area contributed by atoms with Crippen LogP contribution in [0.3, 0.4) is 0 Å². The van der Waals surface area contributed by atoms with E-state index in [4.69, 9.17) is 85.5 Å². The smallest absolute Gasteiger partial charge is 0.339 e. The Labute approximate surface area is 674 Å². The summed E-state index contributed by atoms with van der Waals surface area (Å²) in [7, 11) is 5.66. The van der Waals surface area contributed by atoms with Crippen molar-refractivity contribution in [2.45, 2.75) is 200 Å². The lowest BCUT2D eigenvalue weighted by molar-refractivity contribution is 0.0244. The van der Waals surface area contributed by atoms with Crippen LogP contribution in [0, 0.1) is 35.5 Å². The van der Waals surface area contributed by atoms with Crippen LogP contribution in [-0.4, -0.2) is 178 Å². The molecule has 0 fully saturated rings. The molecule has 28 nitrogen and oxygen atoms in total. The van der Waals surface area contributed by atoms with Crippen molar-refractivity contribution < 1.29 is 115 Å². The molecule has 0 unspecified atom stereocenters.